The number of amides is 2. The van der Waals surface area contributed by atoms with Crippen LogP contribution in [0, 0.1) is 11.8 Å². The zero-order valence-corrected chi connectivity index (χ0v) is 25.4. The first-order valence-electron chi connectivity index (χ1n) is 12.5. The summed E-state index contributed by atoms with van der Waals surface area (Å²) in [7, 11) is 1.95. The van der Waals surface area contributed by atoms with E-state index >= 15 is 0 Å². The summed E-state index contributed by atoms with van der Waals surface area (Å²) in [5.41, 5.74) is 1.23. The number of aliphatic hydroxyl groups excluding tert-OH is 1. The van der Waals surface area contributed by atoms with Crippen LogP contribution in [0.5, 0.6) is 0 Å². The molecular formula is C28H36IN3O6S. The summed E-state index contributed by atoms with van der Waals surface area (Å²) in [5, 5.41) is 12.8. The monoisotopic (exact) mass is 669 g/mol. The summed E-state index contributed by atoms with van der Waals surface area (Å²) >= 11 is 1.43. The summed E-state index contributed by atoms with van der Waals surface area (Å²) in [6.45, 7) is 11.0. The molecule has 11 heteroatoms. The summed E-state index contributed by atoms with van der Waals surface area (Å²) in [6.07, 6.45) is 10.0. The molecule has 0 spiro atoms. The molecule has 1 aromatic heterocycles. The second-order valence-corrected chi connectivity index (χ2v) is 10.6. The van der Waals surface area contributed by atoms with E-state index in [1.165, 1.54) is 28.8 Å². The van der Waals surface area contributed by atoms with Gasteiger partial charge in [-0.1, -0.05) is 44.4 Å². The molecule has 0 aliphatic carbocycles. The number of aliphatic hydroxyl groups is 1. The Balaban J connectivity index is 0.00000533. The van der Waals surface area contributed by atoms with Crippen LogP contribution in [0.25, 0.3) is 6.08 Å². The molecule has 0 bridgehead atoms. The van der Waals surface area contributed by atoms with E-state index in [0.29, 0.717) is 11.3 Å². The van der Waals surface area contributed by atoms with Crippen LogP contribution >= 0.6 is 11.8 Å². The third-order valence-electron chi connectivity index (χ3n) is 6.45. The molecule has 3 heterocycles. The third kappa shape index (κ3) is 7.95. The summed E-state index contributed by atoms with van der Waals surface area (Å²) < 4.78 is 12.3. The van der Waals surface area contributed by atoms with Gasteiger partial charge in [0.1, 0.15) is 26.0 Å². The SMILES string of the molecule is C=CCOC(=O)NCC(C/C=C/c1cc[n+](C)cc1)SC1=C(C(=O)OCC=C)N2C(=O)[C@H]([C@@H](C)O)[C@H]2[C@H]1C.[I-]. The molecule has 0 radical (unpaired) electrons. The Bertz CT molecular complexity index is 1120. The number of halogens is 1. The molecule has 9 nitrogen and oxygen atoms in total. The van der Waals surface area contributed by atoms with Crippen LogP contribution in [0.2, 0.25) is 0 Å². The number of nitrogens with zero attached hydrogens (tertiary/aromatic N) is 2. The van der Waals surface area contributed by atoms with Crippen molar-refractivity contribution in [2.75, 3.05) is 19.8 Å². The van der Waals surface area contributed by atoms with Gasteiger partial charge in [0, 0.05) is 34.8 Å². The van der Waals surface area contributed by atoms with Gasteiger partial charge in [-0.05, 0) is 18.9 Å². The maximum absolute atomic E-state index is 13.1. The van der Waals surface area contributed by atoms with Crippen molar-refractivity contribution in [1.82, 2.24) is 10.2 Å². The highest BCUT2D eigenvalue weighted by molar-refractivity contribution is 8.03. The lowest BCUT2D eigenvalue weighted by atomic mass is 9.79. The Morgan fingerprint density at radius 2 is 1.87 bits per heavy atom. The number of ether oxygens (including phenoxy) is 2. The number of hydrogen-bond donors (Lipinski definition) is 2. The lowest BCUT2D eigenvalue weighted by Crippen LogP contribution is -3.00. The summed E-state index contributed by atoms with van der Waals surface area (Å²) in [5.74, 6) is -1.69. The van der Waals surface area contributed by atoms with Crippen molar-refractivity contribution in [3.05, 3.63) is 72.1 Å². The predicted molar refractivity (Wildman–Crippen MR) is 145 cm³/mol. The smallest absolute Gasteiger partial charge is 0.407 e. The van der Waals surface area contributed by atoms with Crippen LogP contribution in [-0.2, 0) is 26.1 Å². The van der Waals surface area contributed by atoms with E-state index in [1.807, 2.05) is 55.2 Å². The van der Waals surface area contributed by atoms with Gasteiger partial charge in [0.25, 0.3) is 0 Å². The molecule has 2 aliphatic heterocycles. The molecule has 3 rings (SSSR count). The highest BCUT2D eigenvalue weighted by atomic mass is 127. The number of esters is 1. The molecule has 0 aromatic carbocycles. The van der Waals surface area contributed by atoms with Crippen molar-refractivity contribution in [2.45, 2.75) is 37.7 Å². The number of aromatic nitrogens is 1. The number of β-lactam (4-membered cyclic amide) rings is 1. The van der Waals surface area contributed by atoms with Gasteiger partial charge in [-0.25, -0.2) is 14.2 Å². The molecule has 0 saturated carbocycles. The fourth-order valence-electron chi connectivity index (χ4n) is 4.59. The van der Waals surface area contributed by atoms with Crippen LogP contribution in [0.3, 0.4) is 0 Å². The second kappa shape index (κ2) is 15.2. The van der Waals surface area contributed by atoms with E-state index in [9.17, 15) is 19.5 Å². The minimum Gasteiger partial charge on any atom is -1.00 e. The van der Waals surface area contributed by atoms with Crippen molar-refractivity contribution in [1.29, 1.82) is 0 Å². The van der Waals surface area contributed by atoms with E-state index in [0.717, 1.165) is 5.56 Å². The van der Waals surface area contributed by atoms with Gasteiger partial charge < -0.3 is 48.8 Å². The Kier molecular flexibility index (Phi) is 12.7. The van der Waals surface area contributed by atoms with Gasteiger partial charge >= 0.3 is 12.1 Å². The summed E-state index contributed by atoms with van der Waals surface area (Å²) in [4.78, 5) is 40.2. The molecule has 1 aromatic rings. The van der Waals surface area contributed by atoms with Gasteiger partial charge in [-0.2, -0.15) is 0 Å². The van der Waals surface area contributed by atoms with E-state index in [2.05, 4.69) is 18.5 Å². The quantitative estimate of drug-likeness (QED) is 0.0980. The Morgan fingerprint density at radius 1 is 1.23 bits per heavy atom. The Morgan fingerprint density at radius 3 is 2.49 bits per heavy atom. The maximum Gasteiger partial charge on any atom is 0.407 e. The number of fused-ring (bicyclic) bond motifs is 1. The first-order chi connectivity index (χ1) is 18.2. The van der Waals surface area contributed by atoms with Crippen molar-refractivity contribution >= 4 is 35.8 Å². The zero-order valence-electron chi connectivity index (χ0n) is 22.4. The van der Waals surface area contributed by atoms with Crippen LogP contribution in [0.15, 0.2) is 66.5 Å². The lowest BCUT2D eigenvalue weighted by molar-refractivity contribution is -0.671. The molecule has 2 aliphatic rings. The number of carbonyl (C=O) groups excluding carboxylic acids is 3. The van der Waals surface area contributed by atoms with E-state index in [4.69, 9.17) is 9.47 Å². The van der Waals surface area contributed by atoms with Gasteiger partial charge in [-0.15, -0.1) is 11.8 Å². The molecular weight excluding hydrogens is 633 g/mol. The molecule has 1 unspecified atom stereocenters. The first-order valence-corrected chi connectivity index (χ1v) is 13.4. The largest absolute Gasteiger partial charge is 1.00 e. The number of alkyl carbamates (subject to hydrolysis) is 1. The molecule has 1 saturated heterocycles. The molecule has 212 valence electrons. The molecule has 1 fully saturated rings. The van der Waals surface area contributed by atoms with Gasteiger partial charge in [0.15, 0.2) is 12.4 Å². The minimum absolute atomic E-state index is 0. The minimum atomic E-state index is -0.839. The van der Waals surface area contributed by atoms with Gasteiger partial charge in [0.05, 0.1) is 18.1 Å². The number of carbonyl (C=O) groups is 3. The molecule has 2 amide bonds. The number of hydrogen-bond acceptors (Lipinski definition) is 7. The second-order valence-electron chi connectivity index (χ2n) is 9.30. The van der Waals surface area contributed by atoms with Gasteiger partial charge in [-0.3, -0.25) is 4.79 Å². The van der Waals surface area contributed by atoms with Crippen molar-refractivity contribution in [2.24, 2.45) is 18.9 Å². The fraction of sp³-hybridized carbons (Fsp3) is 0.429. The standard InChI is InChI=1S/C28H35N3O6S.HI/c1-6-15-36-27(34)24-25(18(3)23-22(19(4)32)26(33)31(23)24)38-21(17-29-28(35)37-16-7-2)10-8-9-20-11-13-30(5)14-12-20;/h6-9,11-14,18-19,21-23,32H,1-2,10,15-17H2,3-5H3;1H/b9-8+;/t18-,19-,21?,22-,23-;/m1./s1. The molecule has 2 N–H and O–H groups in total. The highest BCUT2D eigenvalue weighted by Gasteiger charge is 2.60. The Labute approximate surface area is 251 Å². The number of aryl methyl sites for hydroxylation is 1. The summed E-state index contributed by atoms with van der Waals surface area (Å²) in [6, 6.07) is 3.65. The van der Waals surface area contributed by atoms with Crippen molar-refractivity contribution in [3.8, 4) is 0 Å². The fourth-order valence-corrected chi connectivity index (χ4v) is 5.97. The Hall–Kier alpha value is -2.64. The molecule has 5 atom stereocenters. The topological polar surface area (TPSA) is 109 Å². The third-order valence-corrected chi connectivity index (χ3v) is 7.96. The van der Waals surface area contributed by atoms with Crippen LogP contribution in [-0.4, -0.2) is 65.1 Å². The first kappa shape index (κ1) is 32.6. The van der Waals surface area contributed by atoms with E-state index in [-0.39, 0.29) is 72.5 Å². The van der Waals surface area contributed by atoms with Crippen LogP contribution in [0.1, 0.15) is 25.8 Å². The van der Waals surface area contributed by atoms with Crippen molar-refractivity contribution in [3.63, 3.8) is 0 Å². The number of rotatable bonds is 13. The normalized spacial score (nSPS) is 21.4. The van der Waals surface area contributed by atoms with E-state index < -0.39 is 24.1 Å². The lowest BCUT2D eigenvalue weighted by Gasteiger charge is -2.46. The number of nitrogens with one attached hydrogen (secondary N) is 1. The van der Waals surface area contributed by atoms with Crippen LogP contribution in [0.4, 0.5) is 4.79 Å². The maximum atomic E-state index is 13.1. The van der Waals surface area contributed by atoms with Gasteiger partial charge in [0.2, 0.25) is 5.91 Å². The average molecular weight is 670 g/mol. The van der Waals surface area contributed by atoms with E-state index in [1.54, 1.807) is 6.92 Å². The number of pyridine rings is 1. The van der Waals surface area contributed by atoms with Crippen molar-refractivity contribution < 1.29 is 57.5 Å². The van der Waals surface area contributed by atoms with Crippen LogP contribution < -0.4 is 33.9 Å². The highest BCUT2D eigenvalue weighted by Crippen LogP contribution is 2.51. The number of thioether (sulfide) groups is 1. The predicted octanol–water partition coefficient (Wildman–Crippen LogP) is -0.269. The number of allylic oxidation sites excluding steroid dienone is 1. The molecule has 39 heavy (non-hydrogen) atoms. The zero-order chi connectivity index (χ0) is 27.8. The average Bonchev–Trinajstić information content (AvgIpc) is 3.12.